The first kappa shape index (κ1) is 16.4. The lowest BCUT2D eigenvalue weighted by atomic mass is 10.2. The zero-order valence-electron chi connectivity index (χ0n) is 12.7. The Balaban J connectivity index is 2.29. The van der Waals surface area contributed by atoms with E-state index in [0.29, 0.717) is 0 Å². The summed E-state index contributed by atoms with van der Waals surface area (Å²) >= 11 is 0. The van der Waals surface area contributed by atoms with E-state index in [1.807, 2.05) is 0 Å². The topological polar surface area (TPSA) is 44.8 Å². The van der Waals surface area contributed by atoms with Crippen molar-refractivity contribution in [3.63, 3.8) is 0 Å². The largest absolute Gasteiger partial charge is 0.468 e. The molecule has 1 heterocycles. The summed E-state index contributed by atoms with van der Waals surface area (Å²) in [4.78, 5) is 16.6. The molecule has 1 N–H and O–H groups in total. The van der Waals surface area contributed by atoms with Gasteiger partial charge in [0.15, 0.2) is 0 Å². The number of likely N-dealkylation sites (N-methyl/N-ethyl adjacent to an activating group) is 1. The average Bonchev–Trinajstić information content (AvgIpc) is 2.47. The molecule has 5 heteroatoms. The highest BCUT2D eigenvalue weighted by Crippen LogP contribution is 2.04. The summed E-state index contributed by atoms with van der Waals surface area (Å²) in [5.41, 5.74) is 0. The number of ether oxygens (including phenoxy) is 1. The third-order valence-electron chi connectivity index (χ3n) is 3.77. The van der Waals surface area contributed by atoms with Crippen LogP contribution in [0.3, 0.4) is 0 Å². The highest BCUT2D eigenvalue weighted by Gasteiger charge is 2.21. The number of piperazine rings is 1. The van der Waals surface area contributed by atoms with Gasteiger partial charge in [0.1, 0.15) is 6.04 Å². The molecule has 1 atom stereocenters. The number of hydrogen-bond donors (Lipinski definition) is 1. The van der Waals surface area contributed by atoms with E-state index >= 15 is 0 Å². The molecule has 112 valence electrons. The van der Waals surface area contributed by atoms with E-state index in [1.165, 1.54) is 7.11 Å². The second kappa shape index (κ2) is 9.28. The number of esters is 1. The predicted octanol–water partition coefficient (Wildman–Crippen LogP) is 0.555. The van der Waals surface area contributed by atoms with Gasteiger partial charge in [0, 0.05) is 32.7 Å². The van der Waals surface area contributed by atoms with Crippen LogP contribution in [0, 0.1) is 0 Å². The number of nitrogens with zero attached hydrogens (tertiary/aromatic N) is 2. The van der Waals surface area contributed by atoms with Crippen LogP contribution in [0.1, 0.15) is 26.7 Å². The molecule has 1 saturated heterocycles. The third-order valence-corrected chi connectivity index (χ3v) is 3.77. The minimum atomic E-state index is -0.158. The predicted molar refractivity (Wildman–Crippen MR) is 77.3 cm³/mol. The van der Waals surface area contributed by atoms with Gasteiger partial charge < -0.3 is 19.9 Å². The van der Waals surface area contributed by atoms with Gasteiger partial charge in [0.05, 0.1) is 7.11 Å². The molecule has 0 aromatic heterocycles. The van der Waals surface area contributed by atoms with Crippen molar-refractivity contribution in [2.45, 2.75) is 32.7 Å². The zero-order chi connectivity index (χ0) is 14.1. The highest BCUT2D eigenvalue weighted by atomic mass is 16.5. The van der Waals surface area contributed by atoms with Gasteiger partial charge in [-0.05, 0) is 25.9 Å². The number of carbonyl (C=O) groups is 1. The number of nitrogens with one attached hydrogen (secondary N) is 1. The monoisotopic (exact) mass is 271 g/mol. The van der Waals surface area contributed by atoms with E-state index in [0.717, 1.165) is 58.7 Å². The smallest absolute Gasteiger partial charge is 0.322 e. The van der Waals surface area contributed by atoms with Crippen LogP contribution in [0.15, 0.2) is 0 Å². The molecule has 0 radical (unpaired) electrons. The van der Waals surface area contributed by atoms with Gasteiger partial charge in [-0.3, -0.25) is 4.79 Å². The van der Waals surface area contributed by atoms with Gasteiger partial charge in [-0.1, -0.05) is 13.8 Å². The summed E-state index contributed by atoms with van der Waals surface area (Å²) < 4.78 is 4.86. The molecule has 1 unspecified atom stereocenters. The van der Waals surface area contributed by atoms with Crippen molar-refractivity contribution in [1.82, 2.24) is 15.1 Å². The zero-order valence-corrected chi connectivity index (χ0v) is 12.7. The highest BCUT2D eigenvalue weighted by molar-refractivity contribution is 5.75. The lowest BCUT2D eigenvalue weighted by Crippen LogP contribution is -2.48. The molecule has 0 aliphatic carbocycles. The van der Waals surface area contributed by atoms with E-state index in [2.05, 4.69) is 29.0 Å². The normalized spacial score (nSPS) is 19.3. The lowest BCUT2D eigenvalue weighted by molar-refractivity contribution is -0.143. The van der Waals surface area contributed by atoms with E-state index < -0.39 is 0 Å². The molecule has 19 heavy (non-hydrogen) atoms. The summed E-state index contributed by atoms with van der Waals surface area (Å²) in [7, 11) is 1.46. The Labute approximate surface area is 117 Å². The molecule has 1 aliphatic heterocycles. The molecule has 0 saturated carbocycles. The molecule has 1 fully saturated rings. The lowest BCUT2D eigenvalue weighted by Gasteiger charge is -2.34. The van der Waals surface area contributed by atoms with Gasteiger partial charge in [-0.25, -0.2) is 0 Å². The molecule has 0 bridgehead atoms. The molecule has 0 aromatic rings. The average molecular weight is 271 g/mol. The van der Waals surface area contributed by atoms with Gasteiger partial charge in [0.2, 0.25) is 0 Å². The van der Waals surface area contributed by atoms with Crippen LogP contribution in [0.5, 0.6) is 0 Å². The van der Waals surface area contributed by atoms with Gasteiger partial charge in [-0.15, -0.1) is 0 Å². The first-order valence-electron chi connectivity index (χ1n) is 7.47. The Morgan fingerprint density at radius 1 is 1.21 bits per heavy atom. The molecule has 0 spiro atoms. The van der Waals surface area contributed by atoms with Crippen LogP contribution >= 0.6 is 0 Å². The van der Waals surface area contributed by atoms with E-state index in [1.54, 1.807) is 0 Å². The van der Waals surface area contributed by atoms with Gasteiger partial charge >= 0.3 is 5.97 Å². The summed E-state index contributed by atoms with van der Waals surface area (Å²) in [6.45, 7) is 11.8. The molecular weight excluding hydrogens is 242 g/mol. The molecule has 0 aromatic carbocycles. The first-order valence-corrected chi connectivity index (χ1v) is 7.47. The van der Waals surface area contributed by atoms with Crippen LogP contribution < -0.4 is 5.32 Å². The Hall–Kier alpha value is -0.650. The first-order chi connectivity index (χ1) is 9.21. The minimum Gasteiger partial charge on any atom is -0.468 e. The fourth-order valence-electron chi connectivity index (χ4n) is 2.40. The quantitative estimate of drug-likeness (QED) is 0.653. The molecule has 0 amide bonds. The maximum absolute atomic E-state index is 11.7. The fourth-order valence-corrected chi connectivity index (χ4v) is 2.40. The van der Waals surface area contributed by atoms with Crippen molar-refractivity contribution < 1.29 is 9.53 Å². The molecule has 1 aliphatic rings. The SMILES string of the molecule is CCCNC(CCN1CCN(CC)CC1)C(=O)OC. The second-order valence-corrected chi connectivity index (χ2v) is 5.09. The van der Waals surface area contributed by atoms with E-state index in [4.69, 9.17) is 4.74 Å². The minimum absolute atomic E-state index is 0.138. The number of hydrogen-bond acceptors (Lipinski definition) is 5. The maximum Gasteiger partial charge on any atom is 0.322 e. The Bertz CT molecular complexity index is 253. The van der Waals surface area contributed by atoms with Crippen molar-refractivity contribution in [2.24, 2.45) is 0 Å². The fraction of sp³-hybridized carbons (Fsp3) is 0.929. The maximum atomic E-state index is 11.7. The number of carbonyl (C=O) groups excluding carboxylic acids is 1. The molecular formula is C14H29N3O2. The van der Waals surface area contributed by atoms with Crippen LogP contribution in [0.4, 0.5) is 0 Å². The molecule has 1 rings (SSSR count). The summed E-state index contributed by atoms with van der Waals surface area (Å²) in [6.07, 6.45) is 1.86. The summed E-state index contributed by atoms with van der Waals surface area (Å²) in [5, 5.41) is 3.27. The Morgan fingerprint density at radius 2 is 1.84 bits per heavy atom. The Kier molecular flexibility index (Phi) is 8.02. The Morgan fingerprint density at radius 3 is 2.37 bits per heavy atom. The van der Waals surface area contributed by atoms with Crippen molar-refractivity contribution in [2.75, 3.05) is 52.9 Å². The van der Waals surface area contributed by atoms with Crippen molar-refractivity contribution in [3.05, 3.63) is 0 Å². The van der Waals surface area contributed by atoms with Crippen LogP contribution in [0.25, 0.3) is 0 Å². The van der Waals surface area contributed by atoms with E-state index in [9.17, 15) is 4.79 Å². The third kappa shape index (κ3) is 5.89. The standard InChI is InChI=1S/C14H29N3O2/c1-4-7-15-13(14(18)19-3)6-8-17-11-9-16(5-2)10-12-17/h13,15H,4-12H2,1-3H3. The van der Waals surface area contributed by atoms with Gasteiger partial charge in [-0.2, -0.15) is 0 Å². The number of methoxy groups -OCH3 is 1. The molecule has 5 nitrogen and oxygen atoms in total. The van der Waals surface area contributed by atoms with Gasteiger partial charge in [0.25, 0.3) is 0 Å². The van der Waals surface area contributed by atoms with Crippen LogP contribution in [-0.2, 0) is 9.53 Å². The van der Waals surface area contributed by atoms with Crippen LogP contribution in [-0.4, -0.2) is 74.7 Å². The number of rotatable bonds is 8. The van der Waals surface area contributed by atoms with Crippen molar-refractivity contribution >= 4 is 5.97 Å². The summed E-state index contributed by atoms with van der Waals surface area (Å²) in [5.74, 6) is -0.138. The van der Waals surface area contributed by atoms with Crippen molar-refractivity contribution in [1.29, 1.82) is 0 Å². The second-order valence-electron chi connectivity index (χ2n) is 5.09. The summed E-state index contributed by atoms with van der Waals surface area (Å²) in [6, 6.07) is -0.158. The van der Waals surface area contributed by atoms with Crippen LogP contribution in [0.2, 0.25) is 0 Å². The van der Waals surface area contributed by atoms with E-state index in [-0.39, 0.29) is 12.0 Å². The van der Waals surface area contributed by atoms with Crippen molar-refractivity contribution in [3.8, 4) is 0 Å².